The van der Waals surface area contributed by atoms with E-state index in [1.807, 2.05) is 0 Å². The Morgan fingerprint density at radius 2 is 2.18 bits per heavy atom. The Balaban J connectivity index is 3.02. The van der Waals surface area contributed by atoms with Crippen LogP contribution >= 0.6 is 15.9 Å². The van der Waals surface area contributed by atoms with Crippen LogP contribution in [0.15, 0.2) is 10.8 Å². The van der Waals surface area contributed by atoms with E-state index in [0.29, 0.717) is 0 Å². The molecule has 0 saturated heterocycles. The van der Waals surface area contributed by atoms with Gasteiger partial charge in [0.15, 0.2) is 5.69 Å². The SMILES string of the molecule is FC(F)(F)c1nocc1CBr. The molecule has 0 atom stereocenters. The van der Waals surface area contributed by atoms with E-state index in [-0.39, 0.29) is 10.9 Å². The molecule has 0 radical (unpaired) electrons. The van der Waals surface area contributed by atoms with E-state index in [1.165, 1.54) is 0 Å². The summed E-state index contributed by atoms with van der Waals surface area (Å²) in [5, 5.41) is 2.92. The van der Waals surface area contributed by atoms with Crippen molar-refractivity contribution >= 4 is 15.9 Å². The molecular weight excluding hydrogens is 227 g/mol. The van der Waals surface area contributed by atoms with Crippen molar-refractivity contribution in [1.82, 2.24) is 5.16 Å². The first-order valence-corrected chi connectivity index (χ1v) is 3.74. The molecule has 0 bridgehead atoms. The van der Waals surface area contributed by atoms with Crippen molar-refractivity contribution in [3.8, 4) is 0 Å². The third-order valence-corrected chi connectivity index (χ3v) is 1.66. The van der Waals surface area contributed by atoms with Gasteiger partial charge in [-0.2, -0.15) is 13.2 Å². The van der Waals surface area contributed by atoms with Crippen LogP contribution in [0.1, 0.15) is 11.3 Å². The monoisotopic (exact) mass is 229 g/mol. The molecule has 1 rings (SSSR count). The minimum Gasteiger partial charge on any atom is -0.364 e. The lowest BCUT2D eigenvalue weighted by molar-refractivity contribution is -0.143. The van der Waals surface area contributed by atoms with Crippen molar-refractivity contribution in [3.05, 3.63) is 17.5 Å². The summed E-state index contributed by atoms with van der Waals surface area (Å²) in [5.74, 6) is 0. The van der Waals surface area contributed by atoms with Gasteiger partial charge in [0.25, 0.3) is 0 Å². The summed E-state index contributed by atoms with van der Waals surface area (Å²) in [4.78, 5) is 0. The predicted octanol–water partition coefficient (Wildman–Crippen LogP) is 2.59. The molecule has 0 aromatic carbocycles. The number of alkyl halides is 4. The molecule has 11 heavy (non-hydrogen) atoms. The average molecular weight is 230 g/mol. The average Bonchev–Trinajstić information content (AvgIpc) is 2.31. The Bertz CT molecular complexity index is 244. The smallest absolute Gasteiger partial charge is 0.364 e. The Labute approximate surface area is 68.5 Å². The topological polar surface area (TPSA) is 26.0 Å². The molecule has 0 aliphatic carbocycles. The van der Waals surface area contributed by atoms with Crippen molar-refractivity contribution in [2.45, 2.75) is 11.5 Å². The van der Waals surface area contributed by atoms with Crippen LogP contribution in [0.25, 0.3) is 0 Å². The second-order valence-electron chi connectivity index (χ2n) is 1.82. The van der Waals surface area contributed by atoms with E-state index in [1.54, 1.807) is 0 Å². The number of hydrogen-bond acceptors (Lipinski definition) is 2. The fourth-order valence-corrected chi connectivity index (χ4v) is 0.983. The minimum absolute atomic E-state index is 0.0116. The molecule has 0 amide bonds. The van der Waals surface area contributed by atoms with Gasteiger partial charge in [0.1, 0.15) is 6.26 Å². The highest BCUT2D eigenvalue weighted by molar-refractivity contribution is 9.08. The van der Waals surface area contributed by atoms with Gasteiger partial charge in [-0.05, 0) is 0 Å². The van der Waals surface area contributed by atoms with Gasteiger partial charge in [0.2, 0.25) is 0 Å². The van der Waals surface area contributed by atoms with Crippen molar-refractivity contribution in [2.24, 2.45) is 0 Å². The summed E-state index contributed by atoms with van der Waals surface area (Å²) in [7, 11) is 0. The molecule has 0 spiro atoms. The lowest BCUT2D eigenvalue weighted by atomic mass is 10.3. The molecule has 0 aliphatic rings. The first kappa shape index (κ1) is 8.58. The maximum atomic E-state index is 11.9. The lowest BCUT2D eigenvalue weighted by Crippen LogP contribution is -2.07. The number of nitrogens with zero attached hydrogens (tertiary/aromatic N) is 1. The van der Waals surface area contributed by atoms with E-state index in [9.17, 15) is 13.2 Å². The zero-order valence-corrected chi connectivity index (χ0v) is 6.74. The van der Waals surface area contributed by atoms with Gasteiger partial charge in [-0.1, -0.05) is 21.1 Å². The van der Waals surface area contributed by atoms with Crippen LogP contribution in [0.3, 0.4) is 0 Å². The fourth-order valence-electron chi connectivity index (χ4n) is 0.586. The van der Waals surface area contributed by atoms with Gasteiger partial charge >= 0.3 is 6.18 Å². The molecule has 2 nitrogen and oxygen atoms in total. The van der Waals surface area contributed by atoms with Gasteiger partial charge in [-0.3, -0.25) is 0 Å². The van der Waals surface area contributed by atoms with Gasteiger partial charge in [-0.15, -0.1) is 0 Å². The number of halogens is 4. The molecule has 1 heterocycles. The summed E-state index contributed by atoms with van der Waals surface area (Å²) >= 11 is 2.88. The van der Waals surface area contributed by atoms with Crippen molar-refractivity contribution in [1.29, 1.82) is 0 Å². The largest absolute Gasteiger partial charge is 0.437 e. The number of rotatable bonds is 1. The van der Waals surface area contributed by atoms with Crippen LogP contribution in [0.2, 0.25) is 0 Å². The Morgan fingerprint density at radius 1 is 1.55 bits per heavy atom. The molecule has 0 fully saturated rings. The first-order valence-electron chi connectivity index (χ1n) is 2.62. The number of hydrogen-bond donors (Lipinski definition) is 0. The summed E-state index contributed by atoms with van der Waals surface area (Å²) < 4.78 is 39.9. The summed E-state index contributed by atoms with van der Waals surface area (Å²) in [6.45, 7) is 0. The molecule has 0 aliphatic heterocycles. The van der Waals surface area contributed by atoms with Crippen LogP contribution < -0.4 is 0 Å². The van der Waals surface area contributed by atoms with Crippen molar-refractivity contribution < 1.29 is 17.7 Å². The summed E-state index contributed by atoms with van der Waals surface area (Å²) in [5.41, 5.74) is -0.952. The predicted molar refractivity (Wildman–Crippen MR) is 34.1 cm³/mol. The zero-order valence-electron chi connectivity index (χ0n) is 5.15. The van der Waals surface area contributed by atoms with E-state index in [0.717, 1.165) is 6.26 Å². The number of aromatic nitrogens is 1. The lowest BCUT2D eigenvalue weighted by Gasteiger charge is -2.01. The highest BCUT2D eigenvalue weighted by Crippen LogP contribution is 2.31. The molecule has 0 saturated carbocycles. The Morgan fingerprint density at radius 3 is 2.55 bits per heavy atom. The quantitative estimate of drug-likeness (QED) is 0.693. The second-order valence-corrected chi connectivity index (χ2v) is 2.38. The maximum absolute atomic E-state index is 11.9. The first-order chi connectivity index (χ1) is 5.05. The second kappa shape index (κ2) is 2.84. The molecule has 0 N–H and O–H groups in total. The zero-order chi connectivity index (χ0) is 8.48. The molecule has 1 aromatic rings. The van der Waals surface area contributed by atoms with Crippen LogP contribution in [0, 0.1) is 0 Å². The third kappa shape index (κ3) is 1.74. The highest BCUT2D eigenvalue weighted by Gasteiger charge is 2.36. The van der Waals surface area contributed by atoms with Gasteiger partial charge in [0, 0.05) is 10.9 Å². The third-order valence-electron chi connectivity index (χ3n) is 1.06. The van der Waals surface area contributed by atoms with E-state index < -0.39 is 11.9 Å². The maximum Gasteiger partial charge on any atom is 0.437 e. The van der Waals surface area contributed by atoms with Gasteiger partial charge in [-0.25, -0.2) is 0 Å². The van der Waals surface area contributed by atoms with Crippen LogP contribution in [-0.4, -0.2) is 5.16 Å². The van der Waals surface area contributed by atoms with Crippen LogP contribution in [0.5, 0.6) is 0 Å². The highest BCUT2D eigenvalue weighted by atomic mass is 79.9. The minimum atomic E-state index is -4.42. The molecule has 0 unspecified atom stereocenters. The molecular formula is C5H3BrF3NO. The summed E-state index contributed by atoms with van der Waals surface area (Å²) in [6, 6.07) is 0. The van der Waals surface area contributed by atoms with E-state index in [4.69, 9.17) is 0 Å². The Kier molecular flexibility index (Phi) is 2.22. The van der Waals surface area contributed by atoms with Gasteiger partial charge < -0.3 is 4.52 Å². The van der Waals surface area contributed by atoms with Crippen molar-refractivity contribution in [3.63, 3.8) is 0 Å². The van der Waals surface area contributed by atoms with Gasteiger partial charge in [0.05, 0.1) is 0 Å². The van der Waals surface area contributed by atoms with Crippen LogP contribution in [-0.2, 0) is 11.5 Å². The van der Waals surface area contributed by atoms with Crippen LogP contribution in [0.4, 0.5) is 13.2 Å². The normalized spacial score (nSPS) is 12.0. The molecule has 62 valence electrons. The summed E-state index contributed by atoms with van der Waals surface area (Å²) in [6.07, 6.45) is -3.45. The molecule has 1 aromatic heterocycles. The van der Waals surface area contributed by atoms with E-state index >= 15 is 0 Å². The van der Waals surface area contributed by atoms with E-state index in [2.05, 4.69) is 25.6 Å². The fraction of sp³-hybridized carbons (Fsp3) is 0.400. The van der Waals surface area contributed by atoms with Crippen molar-refractivity contribution in [2.75, 3.05) is 0 Å². The Hall–Kier alpha value is -0.520. The molecule has 6 heteroatoms. The standard InChI is InChI=1S/C5H3BrF3NO/c6-1-3-2-11-10-4(3)5(7,8)9/h2H,1H2.